The highest BCUT2D eigenvalue weighted by Crippen LogP contribution is 2.56. The summed E-state index contributed by atoms with van der Waals surface area (Å²) in [4.78, 5) is 11.2. The molecule has 3 aliphatic rings. The van der Waals surface area contributed by atoms with E-state index in [2.05, 4.69) is 12.1 Å². The molecule has 0 atom stereocenters. The molecule has 0 heterocycles. The lowest BCUT2D eigenvalue weighted by Crippen LogP contribution is -2.45. The molecule has 4 rings (SSSR count). The lowest BCUT2D eigenvalue weighted by atomic mass is 9.57. The molecule has 0 aliphatic heterocycles. The first-order valence-electron chi connectivity index (χ1n) is 6.52. The summed E-state index contributed by atoms with van der Waals surface area (Å²) in [5.41, 5.74) is 2.22. The third-order valence-corrected chi connectivity index (χ3v) is 5.66. The largest absolute Gasteiger partial charge is 0.276 e. The fraction of sp³-hybridized carbons (Fsp3) is 0.533. The van der Waals surface area contributed by atoms with Gasteiger partial charge in [-0.05, 0) is 73.2 Å². The second-order valence-electron chi connectivity index (χ2n) is 5.78. The molecule has 0 unspecified atom stereocenters. The third kappa shape index (κ3) is 1.98. The molecule has 1 nitrogen and oxygen atoms in total. The molecule has 0 spiro atoms. The van der Waals surface area contributed by atoms with Crippen molar-refractivity contribution in [2.24, 2.45) is 0 Å². The lowest BCUT2D eigenvalue weighted by molar-refractivity contribution is 0.108. The number of hydrogen-bond acceptors (Lipinski definition) is 1. The summed E-state index contributed by atoms with van der Waals surface area (Å²) in [7, 11) is 0. The number of alkyl halides is 1. The Hall–Kier alpha value is -0.530. The van der Waals surface area contributed by atoms with Gasteiger partial charge in [0, 0.05) is 10.4 Å². The number of carbonyl (C=O) groups excluding carboxylic acids is 1. The molecule has 0 radical (unpaired) electrons. The molecule has 1 aromatic rings. The van der Waals surface area contributed by atoms with Gasteiger partial charge in [-0.25, -0.2) is 0 Å². The molecule has 3 fully saturated rings. The quantitative estimate of drug-likeness (QED) is 0.570. The van der Waals surface area contributed by atoms with Crippen LogP contribution in [0.3, 0.4) is 0 Å². The predicted octanol–water partition coefficient (Wildman–Crippen LogP) is 4.65. The van der Waals surface area contributed by atoms with Crippen LogP contribution in [0.25, 0.3) is 0 Å². The highest BCUT2D eigenvalue weighted by Gasteiger charge is 2.48. The van der Waals surface area contributed by atoms with Gasteiger partial charge < -0.3 is 0 Å². The summed E-state index contributed by atoms with van der Waals surface area (Å²) in [5, 5.41) is -0.383. The fourth-order valence-corrected chi connectivity index (χ4v) is 3.94. The second kappa shape index (κ2) is 4.25. The first kappa shape index (κ1) is 12.5. The van der Waals surface area contributed by atoms with Crippen LogP contribution in [0.15, 0.2) is 24.3 Å². The highest BCUT2D eigenvalue weighted by atomic mass is 35.5. The second-order valence-corrected chi connectivity index (χ2v) is 6.93. The predicted molar refractivity (Wildman–Crippen MR) is 74.6 cm³/mol. The molecule has 3 aliphatic carbocycles. The van der Waals surface area contributed by atoms with Crippen molar-refractivity contribution in [1.29, 1.82) is 0 Å². The number of benzene rings is 1. The van der Waals surface area contributed by atoms with Crippen LogP contribution >= 0.6 is 23.2 Å². The van der Waals surface area contributed by atoms with E-state index in [0.29, 0.717) is 11.0 Å². The molecule has 2 bridgehead atoms. The van der Waals surface area contributed by atoms with Gasteiger partial charge in [0.05, 0.1) is 0 Å². The maximum atomic E-state index is 11.1. The Morgan fingerprint density at radius 2 is 1.44 bits per heavy atom. The van der Waals surface area contributed by atoms with Crippen molar-refractivity contribution in [2.75, 3.05) is 0 Å². The minimum absolute atomic E-state index is 0.0772. The Morgan fingerprint density at radius 1 is 0.944 bits per heavy atom. The van der Waals surface area contributed by atoms with Gasteiger partial charge in [-0.3, -0.25) is 4.79 Å². The van der Waals surface area contributed by atoms with Crippen LogP contribution < -0.4 is 0 Å². The summed E-state index contributed by atoms with van der Waals surface area (Å²) >= 11 is 12.0. The van der Waals surface area contributed by atoms with Crippen LogP contribution in [-0.4, -0.2) is 10.1 Å². The van der Waals surface area contributed by atoms with Crippen molar-refractivity contribution in [3.8, 4) is 0 Å². The number of fused-ring (bicyclic) bond motifs is 3. The van der Waals surface area contributed by atoms with Gasteiger partial charge in [0.25, 0.3) is 5.24 Å². The monoisotopic (exact) mass is 282 g/mol. The van der Waals surface area contributed by atoms with Crippen LogP contribution in [-0.2, 0) is 5.41 Å². The van der Waals surface area contributed by atoms with Gasteiger partial charge >= 0.3 is 0 Å². The van der Waals surface area contributed by atoms with Crippen molar-refractivity contribution >= 4 is 28.4 Å². The third-order valence-electron chi connectivity index (χ3n) is 4.88. The van der Waals surface area contributed by atoms with E-state index >= 15 is 0 Å². The van der Waals surface area contributed by atoms with Gasteiger partial charge in [0.2, 0.25) is 0 Å². The Balaban J connectivity index is 1.88. The Bertz CT molecular complexity index is 453. The Kier molecular flexibility index (Phi) is 2.95. The summed E-state index contributed by atoms with van der Waals surface area (Å²) in [5.74, 6) is 0. The minimum atomic E-state index is -0.383. The van der Waals surface area contributed by atoms with Crippen LogP contribution in [0.2, 0.25) is 0 Å². The number of carbonyl (C=O) groups is 1. The number of rotatable bonds is 2. The zero-order valence-electron chi connectivity index (χ0n) is 10.2. The lowest BCUT2D eigenvalue weighted by Gasteiger charge is -2.51. The van der Waals surface area contributed by atoms with Crippen molar-refractivity contribution in [3.05, 3.63) is 35.4 Å². The fourth-order valence-electron chi connectivity index (χ4n) is 3.53. The van der Waals surface area contributed by atoms with Crippen molar-refractivity contribution in [3.63, 3.8) is 0 Å². The first-order chi connectivity index (χ1) is 8.53. The van der Waals surface area contributed by atoms with E-state index in [-0.39, 0.29) is 10.1 Å². The minimum Gasteiger partial charge on any atom is -0.276 e. The van der Waals surface area contributed by atoms with E-state index in [1.165, 1.54) is 24.8 Å². The smallest absolute Gasteiger partial charge is 0.252 e. The average molecular weight is 283 g/mol. The highest BCUT2D eigenvalue weighted by molar-refractivity contribution is 6.67. The van der Waals surface area contributed by atoms with Gasteiger partial charge in [-0.15, -0.1) is 11.6 Å². The normalized spacial score (nSPS) is 34.6. The first-order valence-corrected chi connectivity index (χ1v) is 7.28. The Morgan fingerprint density at radius 3 is 1.89 bits per heavy atom. The topological polar surface area (TPSA) is 17.1 Å². The van der Waals surface area contributed by atoms with E-state index in [9.17, 15) is 4.79 Å². The molecule has 0 amide bonds. The van der Waals surface area contributed by atoms with E-state index < -0.39 is 0 Å². The van der Waals surface area contributed by atoms with E-state index in [0.717, 1.165) is 19.3 Å². The molecule has 0 saturated heterocycles. The average Bonchev–Trinajstić information content (AvgIpc) is 2.40. The van der Waals surface area contributed by atoms with Crippen LogP contribution in [0.1, 0.15) is 54.4 Å². The standard InChI is InChI=1S/C15H16Cl2O/c16-13(18)11-1-3-12(4-2-11)14-5-8-15(17,9-6-14)10-7-14/h1-4H,5-10H2. The van der Waals surface area contributed by atoms with E-state index in [1.807, 2.05) is 12.1 Å². The molecule has 96 valence electrons. The number of hydrogen-bond donors (Lipinski definition) is 0. The zero-order chi connectivity index (χ0) is 12.8. The summed E-state index contributed by atoms with van der Waals surface area (Å²) in [6, 6.07) is 7.83. The van der Waals surface area contributed by atoms with Crippen molar-refractivity contribution < 1.29 is 4.79 Å². The molecule has 0 aromatic heterocycles. The Labute approximate surface area is 117 Å². The summed E-state index contributed by atoms with van der Waals surface area (Å²) in [6.45, 7) is 0. The van der Waals surface area contributed by atoms with Crippen LogP contribution in [0.4, 0.5) is 0 Å². The SMILES string of the molecule is O=C(Cl)c1ccc(C23CCC(Cl)(CC2)CC3)cc1. The molecule has 18 heavy (non-hydrogen) atoms. The molecule has 1 aromatic carbocycles. The maximum Gasteiger partial charge on any atom is 0.252 e. The van der Waals surface area contributed by atoms with Crippen LogP contribution in [0.5, 0.6) is 0 Å². The molecular formula is C15H16Cl2O. The van der Waals surface area contributed by atoms with Gasteiger partial charge in [-0.1, -0.05) is 12.1 Å². The van der Waals surface area contributed by atoms with Crippen molar-refractivity contribution in [2.45, 2.75) is 48.8 Å². The molecular weight excluding hydrogens is 267 g/mol. The van der Waals surface area contributed by atoms with Crippen molar-refractivity contribution in [1.82, 2.24) is 0 Å². The van der Waals surface area contributed by atoms with E-state index in [1.54, 1.807) is 0 Å². The molecule has 3 saturated carbocycles. The van der Waals surface area contributed by atoms with Gasteiger partial charge in [0.1, 0.15) is 0 Å². The van der Waals surface area contributed by atoms with Gasteiger partial charge in [-0.2, -0.15) is 0 Å². The van der Waals surface area contributed by atoms with Crippen LogP contribution in [0, 0.1) is 0 Å². The molecule has 3 heteroatoms. The van der Waals surface area contributed by atoms with Gasteiger partial charge in [0.15, 0.2) is 0 Å². The zero-order valence-corrected chi connectivity index (χ0v) is 11.7. The van der Waals surface area contributed by atoms with E-state index in [4.69, 9.17) is 23.2 Å². The summed E-state index contributed by atoms with van der Waals surface area (Å²) < 4.78 is 0. The summed E-state index contributed by atoms with van der Waals surface area (Å²) in [6.07, 6.45) is 6.86. The number of halogens is 2. The molecule has 0 N–H and O–H groups in total. The maximum absolute atomic E-state index is 11.1.